The summed E-state index contributed by atoms with van der Waals surface area (Å²) in [4.78, 5) is 2.49. The van der Waals surface area contributed by atoms with Crippen LogP contribution < -0.4 is 10.1 Å². The normalized spacial score (nSPS) is 11.4. The number of nitrogens with one attached hydrogen (secondary N) is 1. The van der Waals surface area contributed by atoms with Gasteiger partial charge in [0.05, 0.1) is 0 Å². The van der Waals surface area contributed by atoms with Gasteiger partial charge in [0, 0.05) is 37.3 Å². The molecule has 21 heavy (non-hydrogen) atoms. The molecule has 1 aromatic carbocycles. The van der Waals surface area contributed by atoms with Crippen LogP contribution in [0.4, 0.5) is 0 Å². The van der Waals surface area contributed by atoms with E-state index in [1.54, 1.807) is 6.08 Å². The molecule has 0 aliphatic heterocycles. The quantitative estimate of drug-likeness (QED) is 0.527. The Balaban J connectivity index is 2.43. The van der Waals surface area contributed by atoms with Crippen molar-refractivity contribution in [2.24, 2.45) is 0 Å². The minimum atomic E-state index is 0.547. The molecule has 0 radical (unpaired) electrons. The number of para-hydroxylation sites is 1. The molecule has 0 saturated carbocycles. The van der Waals surface area contributed by atoms with E-state index in [0.29, 0.717) is 18.7 Å². The molecule has 0 unspecified atom stereocenters. The number of nitrogens with zero attached hydrogens (tertiary/aromatic N) is 1. The maximum Gasteiger partial charge on any atom is 0.124 e. The van der Waals surface area contributed by atoms with E-state index in [1.807, 2.05) is 18.2 Å². The van der Waals surface area contributed by atoms with E-state index in [4.69, 9.17) is 4.74 Å². The Kier molecular flexibility index (Phi) is 8.09. The largest absolute Gasteiger partial charge is 0.489 e. The Labute approximate surface area is 130 Å². The molecule has 0 atom stereocenters. The fourth-order valence-electron chi connectivity index (χ4n) is 2.48. The van der Waals surface area contributed by atoms with Crippen LogP contribution in [0.25, 0.3) is 0 Å². The predicted molar refractivity (Wildman–Crippen MR) is 90.8 cm³/mol. The number of benzene rings is 1. The first kappa shape index (κ1) is 17.7. The van der Waals surface area contributed by atoms with Crippen LogP contribution in [0.3, 0.4) is 0 Å². The standard InChI is InChI=1S/C18H30N2O/c1-6-13-21-18-10-8-7-9-17(18)14-19-11-12-20(15(2)3)16(4)5/h6-10,15-16,19H,1,11-14H2,2-5H3. The van der Waals surface area contributed by atoms with E-state index in [0.717, 1.165) is 25.4 Å². The lowest BCUT2D eigenvalue weighted by Gasteiger charge is -2.30. The van der Waals surface area contributed by atoms with Crippen molar-refractivity contribution < 1.29 is 4.74 Å². The first-order valence-corrected chi connectivity index (χ1v) is 7.84. The first-order valence-electron chi connectivity index (χ1n) is 7.84. The van der Waals surface area contributed by atoms with Gasteiger partial charge in [0.2, 0.25) is 0 Å². The number of hydrogen-bond acceptors (Lipinski definition) is 3. The minimum absolute atomic E-state index is 0.547. The van der Waals surface area contributed by atoms with Crippen molar-refractivity contribution in [1.29, 1.82) is 0 Å². The van der Waals surface area contributed by atoms with Crippen LogP contribution in [0.1, 0.15) is 33.3 Å². The van der Waals surface area contributed by atoms with Crippen LogP contribution in [0.15, 0.2) is 36.9 Å². The highest BCUT2D eigenvalue weighted by molar-refractivity contribution is 5.33. The molecule has 0 aromatic heterocycles. The molecule has 1 rings (SSSR count). The fraction of sp³-hybridized carbons (Fsp3) is 0.556. The molecular weight excluding hydrogens is 260 g/mol. The predicted octanol–water partition coefficient (Wildman–Crippen LogP) is 3.46. The van der Waals surface area contributed by atoms with E-state index in [2.05, 4.69) is 50.6 Å². The van der Waals surface area contributed by atoms with Gasteiger partial charge >= 0.3 is 0 Å². The SMILES string of the molecule is C=CCOc1ccccc1CNCCN(C(C)C)C(C)C. The molecule has 0 aliphatic rings. The summed E-state index contributed by atoms with van der Waals surface area (Å²) in [5.41, 5.74) is 1.19. The molecule has 3 heteroatoms. The van der Waals surface area contributed by atoms with E-state index < -0.39 is 0 Å². The third kappa shape index (κ3) is 6.32. The molecule has 0 heterocycles. The van der Waals surface area contributed by atoms with Gasteiger partial charge in [0.25, 0.3) is 0 Å². The van der Waals surface area contributed by atoms with Crippen LogP contribution in [-0.4, -0.2) is 36.7 Å². The van der Waals surface area contributed by atoms with E-state index in [1.165, 1.54) is 5.56 Å². The molecular formula is C18H30N2O. The lowest BCUT2D eigenvalue weighted by atomic mass is 10.2. The monoisotopic (exact) mass is 290 g/mol. The van der Waals surface area contributed by atoms with Crippen LogP contribution in [-0.2, 0) is 6.54 Å². The van der Waals surface area contributed by atoms with E-state index >= 15 is 0 Å². The average molecular weight is 290 g/mol. The van der Waals surface area contributed by atoms with Gasteiger partial charge < -0.3 is 10.1 Å². The third-order valence-corrected chi connectivity index (χ3v) is 3.52. The van der Waals surface area contributed by atoms with Crippen molar-refractivity contribution in [2.45, 2.75) is 46.3 Å². The molecule has 1 N–H and O–H groups in total. The Morgan fingerprint density at radius 3 is 2.48 bits per heavy atom. The topological polar surface area (TPSA) is 24.5 Å². The van der Waals surface area contributed by atoms with Gasteiger partial charge in [-0.2, -0.15) is 0 Å². The van der Waals surface area contributed by atoms with Crippen LogP contribution in [0.5, 0.6) is 5.75 Å². The van der Waals surface area contributed by atoms with Crippen molar-refractivity contribution in [2.75, 3.05) is 19.7 Å². The summed E-state index contributed by atoms with van der Waals surface area (Å²) < 4.78 is 5.67. The highest BCUT2D eigenvalue weighted by Crippen LogP contribution is 2.17. The Hall–Kier alpha value is -1.32. The lowest BCUT2D eigenvalue weighted by Crippen LogP contribution is -2.41. The molecule has 0 aliphatic carbocycles. The summed E-state index contributed by atoms with van der Waals surface area (Å²) in [6.07, 6.45) is 1.77. The second-order valence-electron chi connectivity index (χ2n) is 5.81. The van der Waals surface area contributed by atoms with Crippen LogP contribution in [0.2, 0.25) is 0 Å². The number of rotatable bonds is 10. The van der Waals surface area contributed by atoms with Crippen molar-refractivity contribution in [3.05, 3.63) is 42.5 Å². The molecule has 3 nitrogen and oxygen atoms in total. The lowest BCUT2D eigenvalue weighted by molar-refractivity contribution is 0.175. The summed E-state index contributed by atoms with van der Waals surface area (Å²) in [7, 11) is 0. The fourth-order valence-corrected chi connectivity index (χ4v) is 2.48. The highest BCUT2D eigenvalue weighted by atomic mass is 16.5. The highest BCUT2D eigenvalue weighted by Gasteiger charge is 2.12. The van der Waals surface area contributed by atoms with Crippen LogP contribution >= 0.6 is 0 Å². The summed E-state index contributed by atoms with van der Waals surface area (Å²) >= 11 is 0. The molecule has 1 aromatic rings. The summed E-state index contributed by atoms with van der Waals surface area (Å²) in [6, 6.07) is 9.32. The Morgan fingerprint density at radius 2 is 1.86 bits per heavy atom. The second kappa shape index (κ2) is 9.59. The van der Waals surface area contributed by atoms with Gasteiger partial charge in [-0.15, -0.1) is 0 Å². The minimum Gasteiger partial charge on any atom is -0.489 e. The second-order valence-corrected chi connectivity index (χ2v) is 5.81. The number of ether oxygens (including phenoxy) is 1. The van der Waals surface area contributed by atoms with Crippen molar-refractivity contribution in [3.8, 4) is 5.75 Å². The van der Waals surface area contributed by atoms with Crippen molar-refractivity contribution >= 4 is 0 Å². The molecule has 0 fully saturated rings. The third-order valence-electron chi connectivity index (χ3n) is 3.52. The Bertz CT molecular complexity index is 407. The van der Waals surface area contributed by atoms with Crippen molar-refractivity contribution in [3.63, 3.8) is 0 Å². The maximum atomic E-state index is 5.67. The summed E-state index contributed by atoms with van der Waals surface area (Å²) in [5.74, 6) is 0.939. The summed E-state index contributed by atoms with van der Waals surface area (Å²) in [6.45, 7) is 16.1. The van der Waals surface area contributed by atoms with Gasteiger partial charge in [-0.05, 0) is 33.8 Å². The van der Waals surface area contributed by atoms with Gasteiger partial charge in [0.1, 0.15) is 12.4 Å². The smallest absolute Gasteiger partial charge is 0.124 e. The maximum absolute atomic E-state index is 5.67. The number of hydrogen-bond donors (Lipinski definition) is 1. The van der Waals surface area contributed by atoms with Gasteiger partial charge in [-0.25, -0.2) is 0 Å². The Morgan fingerprint density at radius 1 is 1.19 bits per heavy atom. The van der Waals surface area contributed by atoms with Crippen LogP contribution in [0, 0.1) is 0 Å². The summed E-state index contributed by atoms with van der Waals surface area (Å²) in [5, 5.41) is 3.51. The van der Waals surface area contributed by atoms with Crippen molar-refractivity contribution in [1.82, 2.24) is 10.2 Å². The molecule has 0 amide bonds. The van der Waals surface area contributed by atoms with Gasteiger partial charge in [-0.3, -0.25) is 4.90 Å². The molecule has 0 saturated heterocycles. The molecule has 0 bridgehead atoms. The first-order chi connectivity index (χ1) is 10.1. The zero-order chi connectivity index (χ0) is 15.7. The average Bonchev–Trinajstić information content (AvgIpc) is 2.45. The van der Waals surface area contributed by atoms with Gasteiger partial charge in [-0.1, -0.05) is 30.9 Å². The van der Waals surface area contributed by atoms with E-state index in [9.17, 15) is 0 Å². The van der Waals surface area contributed by atoms with Gasteiger partial charge in [0.15, 0.2) is 0 Å². The van der Waals surface area contributed by atoms with E-state index in [-0.39, 0.29) is 0 Å². The molecule has 0 spiro atoms. The molecule has 118 valence electrons. The zero-order valence-corrected chi connectivity index (χ0v) is 13.9. The zero-order valence-electron chi connectivity index (χ0n) is 13.9.